The molecular weight excluding hydrogens is 352 g/mol. The van der Waals surface area contributed by atoms with E-state index in [-0.39, 0.29) is 18.4 Å². The highest BCUT2D eigenvalue weighted by atomic mass is 16.5. The van der Waals surface area contributed by atoms with Gasteiger partial charge in [0.2, 0.25) is 5.91 Å². The minimum atomic E-state index is -0.203. The van der Waals surface area contributed by atoms with Crippen LogP contribution in [0.5, 0.6) is 5.75 Å². The van der Waals surface area contributed by atoms with Gasteiger partial charge in [0.05, 0.1) is 0 Å². The van der Waals surface area contributed by atoms with Crippen LogP contribution in [0.1, 0.15) is 49.3 Å². The molecule has 0 radical (unpaired) electrons. The zero-order valence-electron chi connectivity index (χ0n) is 16.8. The molecule has 1 N–H and O–H groups in total. The normalized spacial score (nSPS) is 13.9. The minimum Gasteiger partial charge on any atom is -0.483 e. The van der Waals surface area contributed by atoms with E-state index in [0.29, 0.717) is 24.6 Å². The fourth-order valence-electron chi connectivity index (χ4n) is 3.42. The van der Waals surface area contributed by atoms with Crippen LogP contribution >= 0.6 is 0 Å². The number of anilines is 1. The summed E-state index contributed by atoms with van der Waals surface area (Å²) in [7, 11) is 0. The summed E-state index contributed by atoms with van der Waals surface area (Å²) in [5.74, 6) is 1.07. The molecule has 0 atom stereocenters. The Morgan fingerprint density at radius 1 is 1.21 bits per heavy atom. The number of carbonyl (C=O) groups is 2. The van der Waals surface area contributed by atoms with Crippen molar-refractivity contribution in [1.82, 2.24) is 4.90 Å². The van der Waals surface area contributed by atoms with Crippen molar-refractivity contribution < 1.29 is 14.3 Å². The summed E-state index contributed by atoms with van der Waals surface area (Å²) < 4.78 is 5.80. The lowest BCUT2D eigenvalue weighted by Gasteiger charge is -2.16. The van der Waals surface area contributed by atoms with E-state index >= 15 is 0 Å². The number of aryl methyl sites for hydroxylation is 1. The first-order chi connectivity index (χ1) is 13.4. The maximum Gasteiger partial charge on any atom is 0.262 e. The summed E-state index contributed by atoms with van der Waals surface area (Å²) in [4.78, 5) is 26.0. The van der Waals surface area contributed by atoms with Crippen LogP contribution < -0.4 is 10.1 Å². The van der Waals surface area contributed by atoms with Crippen LogP contribution in [0.15, 0.2) is 42.5 Å². The molecule has 0 unspecified atom stereocenters. The Morgan fingerprint density at radius 3 is 2.75 bits per heavy atom. The first kappa shape index (κ1) is 19.9. The van der Waals surface area contributed by atoms with Gasteiger partial charge in [-0.3, -0.25) is 9.59 Å². The lowest BCUT2D eigenvalue weighted by Crippen LogP contribution is -2.24. The third-order valence-electron chi connectivity index (χ3n) is 4.91. The molecule has 1 aliphatic rings. The van der Waals surface area contributed by atoms with Gasteiger partial charge in [0, 0.05) is 25.2 Å². The van der Waals surface area contributed by atoms with Crippen LogP contribution in [0, 0.1) is 6.92 Å². The first-order valence-electron chi connectivity index (χ1n) is 9.82. The molecule has 148 valence electrons. The monoisotopic (exact) mass is 380 g/mol. The van der Waals surface area contributed by atoms with E-state index in [2.05, 4.69) is 31.3 Å². The standard InChI is InChI=1S/C23H28N2O3/c1-16(2)20-10-9-17(3)12-21(20)28-15-22(26)24-19-7-4-6-18(13-19)14-25-11-5-8-23(25)27/h4,6-7,9-10,12-13,16H,5,8,11,14-15H2,1-3H3,(H,24,26). The molecule has 5 nitrogen and oxygen atoms in total. The molecule has 28 heavy (non-hydrogen) atoms. The van der Waals surface area contributed by atoms with E-state index < -0.39 is 0 Å². The Balaban J connectivity index is 1.59. The highest BCUT2D eigenvalue weighted by Gasteiger charge is 2.20. The smallest absolute Gasteiger partial charge is 0.262 e. The molecule has 0 spiro atoms. The van der Waals surface area contributed by atoms with E-state index in [0.717, 1.165) is 35.4 Å². The van der Waals surface area contributed by atoms with Gasteiger partial charge in [0.25, 0.3) is 5.91 Å². The van der Waals surface area contributed by atoms with Crippen molar-refractivity contribution in [2.45, 2.75) is 46.1 Å². The van der Waals surface area contributed by atoms with E-state index in [4.69, 9.17) is 4.74 Å². The summed E-state index contributed by atoms with van der Waals surface area (Å²) >= 11 is 0. The largest absolute Gasteiger partial charge is 0.483 e. The van der Waals surface area contributed by atoms with Crippen molar-refractivity contribution in [3.8, 4) is 5.75 Å². The molecule has 0 bridgehead atoms. The van der Waals surface area contributed by atoms with Gasteiger partial charge in [-0.1, -0.05) is 38.1 Å². The number of likely N-dealkylation sites (tertiary alicyclic amines) is 1. The van der Waals surface area contributed by atoms with Crippen LogP contribution in [0.3, 0.4) is 0 Å². The molecule has 0 aliphatic carbocycles. The fraction of sp³-hybridized carbons (Fsp3) is 0.391. The maximum absolute atomic E-state index is 12.4. The molecule has 2 aromatic rings. The summed E-state index contributed by atoms with van der Waals surface area (Å²) in [6.45, 7) is 7.56. The average molecular weight is 380 g/mol. The van der Waals surface area contributed by atoms with Gasteiger partial charge in [0.1, 0.15) is 5.75 Å². The molecular formula is C23H28N2O3. The van der Waals surface area contributed by atoms with Crippen LogP contribution in [0.2, 0.25) is 0 Å². The lowest BCUT2D eigenvalue weighted by molar-refractivity contribution is -0.128. The third-order valence-corrected chi connectivity index (χ3v) is 4.91. The summed E-state index contributed by atoms with van der Waals surface area (Å²) in [5.41, 5.74) is 3.92. The molecule has 0 aromatic heterocycles. The van der Waals surface area contributed by atoms with Crippen LogP contribution in [-0.4, -0.2) is 29.9 Å². The van der Waals surface area contributed by atoms with Crippen LogP contribution in [0.25, 0.3) is 0 Å². The van der Waals surface area contributed by atoms with Gasteiger partial charge in [-0.25, -0.2) is 0 Å². The van der Waals surface area contributed by atoms with E-state index in [9.17, 15) is 9.59 Å². The van der Waals surface area contributed by atoms with Gasteiger partial charge in [0.15, 0.2) is 6.61 Å². The van der Waals surface area contributed by atoms with Crippen molar-refractivity contribution in [1.29, 1.82) is 0 Å². The summed E-state index contributed by atoms with van der Waals surface area (Å²) in [6, 6.07) is 13.7. The molecule has 3 rings (SSSR count). The van der Waals surface area contributed by atoms with Gasteiger partial charge >= 0.3 is 0 Å². The number of ether oxygens (including phenoxy) is 1. The number of amides is 2. The summed E-state index contributed by atoms with van der Waals surface area (Å²) in [6.07, 6.45) is 1.55. The van der Waals surface area contributed by atoms with Crippen molar-refractivity contribution in [2.24, 2.45) is 0 Å². The molecule has 1 heterocycles. The molecule has 1 fully saturated rings. The predicted octanol–water partition coefficient (Wildman–Crippen LogP) is 4.26. The molecule has 2 amide bonds. The zero-order valence-corrected chi connectivity index (χ0v) is 16.8. The second-order valence-electron chi connectivity index (χ2n) is 7.65. The summed E-state index contributed by atoms with van der Waals surface area (Å²) in [5, 5.41) is 2.88. The fourth-order valence-corrected chi connectivity index (χ4v) is 3.42. The molecule has 5 heteroatoms. The average Bonchev–Trinajstić information content (AvgIpc) is 3.05. The Labute approximate surface area is 166 Å². The van der Waals surface area contributed by atoms with Gasteiger partial charge in [-0.15, -0.1) is 0 Å². The lowest BCUT2D eigenvalue weighted by atomic mass is 10.0. The van der Waals surface area contributed by atoms with Crippen LogP contribution in [-0.2, 0) is 16.1 Å². The SMILES string of the molecule is Cc1ccc(C(C)C)c(OCC(=O)Nc2cccc(CN3CCCC3=O)c2)c1. The Hall–Kier alpha value is -2.82. The Kier molecular flexibility index (Phi) is 6.34. The van der Waals surface area contributed by atoms with Crippen molar-refractivity contribution >= 4 is 17.5 Å². The number of nitrogens with one attached hydrogen (secondary N) is 1. The number of nitrogens with zero attached hydrogens (tertiary/aromatic N) is 1. The topological polar surface area (TPSA) is 58.6 Å². The van der Waals surface area contributed by atoms with E-state index in [1.165, 1.54) is 0 Å². The van der Waals surface area contributed by atoms with E-state index in [1.54, 1.807) is 0 Å². The highest BCUT2D eigenvalue weighted by molar-refractivity contribution is 5.92. The number of benzene rings is 2. The molecule has 1 aliphatic heterocycles. The van der Waals surface area contributed by atoms with Gasteiger partial charge in [-0.05, 0) is 54.2 Å². The van der Waals surface area contributed by atoms with Crippen molar-refractivity contribution in [3.05, 3.63) is 59.2 Å². The first-order valence-corrected chi connectivity index (χ1v) is 9.82. The molecule has 2 aromatic carbocycles. The minimum absolute atomic E-state index is 0.0436. The predicted molar refractivity (Wildman–Crippen MR) is 110 cm³/mol. The molecule has 1 saturated heterocycles. The van der Waals surface area contributed by atoms with Gasteiger partial charge in [-0.2, -0.15) is 0 Å². The third kappa shape index (κ3) is 5.12. The Bertz CT molecular complexity index is 861. The van der Waals surface area contributed by atoms with Crippen molar-refractivity contribution in [3.63, 3.8) is 0 Å². The van der Waals surface area contributed by atoms with Crippen LogP contribution in [0.4, 0.5) is 5.69 Å². The number of hydrogen-bond acceptors (Lipinski definition) is 3. The number of hydrogen-bond donors (Lipinski definition) is 1. The quantitative estimate of drug-likeness (QED) is 0.781. The Morgan fingerprint density at radius 2 is 2.04 bits per heavy atom. The van der Waals surface area contributed by atoms with Crippen molar-refractivity contribution in [2.75, 3.05) is 18.5 Å². The second-order valence-corrected chi connectivity index (χ2v) is 7.65. The molecule has 0 saturated carbocycles. The highest BCUT2D eigenvalue weighted by Crippen LogP contribution is 2.27. The maximum atomic E-state index is 12.4. The number of rotatable bonds is 7. The second kappa shape index (κ2) is 8.91. The van der Waals surface area contributed by atoms with E-state index in [1.807, 2.05) is 42.2 Å². The zero-order chi connectivity index (χ0) is 20.1. The number of carbonyl (C=O) groups excluding carboxylic acids is 2. The van der Waals surface area contributed by atoms with Gasteiger partial charge < -0.3 is 15.0 Å².